The van der Waals surface area contributed by atoms with Crippen LogP contribution in [0.15, 0.2) is 5.38 Å². The lowest BCUT2D eigenvalue weighted by atomic mass is 9.85. The van der Waals surface area contributed by atoms with E-state index in [1.165, 1.54) is 25.7 Å². The molecule has 0 radical (unpaired) electrons. The predicted molar refractivity (Wildman–Crippen MR) is 104 cm³/mol. The SMILES string of the molecule is Cc1csc(C(NC(=O)CC(C)C2CCCNC2)C2CC2)n1.Cl.Cl. The third kappa shape index (κ3) is 5.87. The highest BCUT2D eigenvalue weighted by molar-refractivity contribution is 7.09. The van der Waals surface area contributed by atoms with Crippen molar-refractivity contribution in [3.8, 4) is 0 Å². The van der Waals surface area contributed by atoms with Crippen LogP contribution in [0.4, 0.5) is 0 Å². The maximum absolute atomic E-state index is 12.5. The highest BCUT2D eigenvalue weighted by Crippen LogP contribution is 2.42. The van der Waals surface area contributed by atoms with Gasteiger partial charge in [-0.1, -0.05) is 6.92 Å². The number of hydrogen-bond donors (Lipinski definition) is 2. The molecule has 1 saturated carbocycles. The van der Waals surface area contributed by atoms with E-state index in [4.69, 9.17) is 0 Å². The Hall–Kier alpha value is -0.360. The van der Waals surface area contributed by atoms with Crippen molar-refractivity contribution in [2.24, 2.45) is 17.8 Å². The minimum absolute atomic E-state index is 0. The van der Waals surface area contributed by atoms with E-state index in [1.54, 1.807) is 11.3 Å². The van der Waals surface area contributed by atoms with Crippen molar-refractivity contribution in [1.82, 2.24) is 15.6 Å². The summed E-state index contributed by atoms with van der Waals surface area (Å²) in [6.07, 6.45) is 5.55. The average Bonchev–Trinajstić information content (AvgIpc) is 3.27. The Morgan fingerprint density at radius 2 is 2.12 bits per heavy atom. The number of aromatic nitrogens is 1. The first kappa shape index (κ1) is 21.7. The fraction of sp³-hybridized carbons (Fsp3) is 0.765. The largest absolute Gasteiger partial charge is 0.347 e. The average molecular weight is 394 g/mol. The number of rotatable bonds is 6. The molecule has 7 heteroatoms. The number of thiazole rings is 1. The van der Waals surface area contributed by atoms with Gasteiger partial charge in [0.15, 0.2) is 0 Å². The van der Waals surface area contributed by atoms with Crippen molar-refractivity contribution in [1.29, 1.82) is 0 Å². The zero-order valence-corrected chi connectivity index (χ0v) is 16.9. The van der Waals surface area contributed by atoms with E-state index in [0.29, 0.717) is 24.2 Å². The van der Waals surface area contributed by atoms with Crippen molar-refractivity contribution in [2.75, 3.05) is 13.1 Å². The van der Waals surface area contributed by atoms with Gasteiger partial charge in [0.25, 0.3) is 0 Å². The molecule has 1 saturated heterocycles. The van der Waals surface area contributed by atoms with Crippen LogP contribution in [-0.2, 0) is 4.79 Å². The number of nitrogens with zero attached hydrogens (tertiary/aromatic N) is 1. The minimum Gasteiger partial charge on any atom is -0.347 e. The van der Waals surface area contributed by atoms with Crippen molar-refractivity contribution >= 4 is 42.1 Å². The summed E-state index contributed by atoms with van der Waals surface area (Å²) in [5.74, 6) is 1.88. The van der Waals surface area contributed by atoms with E-state index in [9.17, 15) is 4.79 Å². The number of amides is 1. The molecule has 4 nitrogen and oxygen atoms in total. The smallest absolute Gasteiger partial charge is 0.220 e. The fourth-order valence-corrected chi connectivity index (χ4v) is 4.32. The van der Waals surface area contributed by atoms with Crippen LogP contribution in [0.5, 0.6) is 0 Å². The van der Waals surface area contributed by atoms with Crippen molar-refractivity contribution < 1.29 is 4.79 Å². The molecule has 24 heavy (non-hydrogen) atoms. The Labute approximate surface area is 161 Å². The van der Waals surface area contributed by atoms with Crippen LogP contribution in [0.2, 0.25) is 0 Å². The number of aryl methyl sites for hydroxylation is 1. The van der Waals surface area contributed by atoms with Crippen LogP contribution in [0, 0.1) is 24.7 Å². The van der Waals surface area contributed by atoms with Gasteiger partial charge in [0.1, 0.15) is 5.01 Å². The summed E-state index contributed by atoms with van der Waals surface area (Å²) in [4.78, 5) is 17.1. The van der Waals surface area contributed by atoms with Gasteiger partial charge in [-0.05, 0) is 63.5 Å². The molecule has 1 aromatic heterocycles. The number of piperidine rings is 1. The van der Waals surface area contributed by atoms with Gasteiger partial charge >= 0.3 is 0 Å². The Balaban J connectivity index is 0.00000144. The first-order valence-electron chi connectivity index (χ1n) is 8.55. The van der Waals surface area contributed by atoms with E-state index in [0.717, 1.165) is 23.8 Å². The second kappa shape index (κ2) is 9.95. The lowest BCUT2D eigenvalue weighted by Gasteiger charge is -2.28. The summed E-state index contributed by atoms with van der Waals surface area (Å²) < 4.78 is 0. The van der Waals surface area contributed by atoms with E-state index >= 15 is 0 Å². The summed E-state index contributed by atoms with van der Waals surface area (Å²) >= 11 is 1.68. The monoisotopic (exact) mass is 393 g/mol. The molecule has 1 aliphatic carbocycles. The normalized spacial score (nSPS) is 22.7. The van der Waals surface area contributed by atoms with Gasteiger partial charge in [0.05, 0.1) is 6.04 Å². The topological polar surface area (TPSA) is 54.0 Å². The fourth-order valence-electron chi connectivity index (χ4n) is 3.38. The molecule has 3 unspecified atom stereocenters. The third-order valence-electron chi connectivity index (χ3n) is 4.96. The van der Waals surface area contributed by atoms with Gasteiger partial charge in [0, 0.05) is 17.5 Å². The molecule has 0 bridgehead atoms. The van der Waals surface area contributed by atoms with Gasteiger partial charge in [-0.2, -0.15) is 0 Å². The molecular formula is C17H29Cl2N3OS. The summed E-state index contributed by atoms with van der Waals surface area (Å²) in [7, 11) is 0. The van der Waals surface area contributed by atoms with E-state index < -0.39 is 0 Å². The Morgan fingerprint density at radius 3 is 2.67 bits per heavy atom. The zero-order valence-electron chi connectivity index (χ0n) is 14.4. The van der Waals surface area contributed by atoms with Crippen molar-refractivity contribution in [3.63, 3.8) is 0 Å². The molecule has 138 valence electrons. The van der Waals surface area contributed by atoms with Gasteiger partial charge < -0.3 is 10.6 Å². The Bertz CT molecular complexity index is 516. The standard InChI is InChI=1S/C17H27N3OS.2ClH/c1-11(14-4-3-7-18-9-14)8-15(21)20-16(13-5-6-13)17-19-12(2)10-22-17;;/h10-11,13-14,16,18H,3-9H2,1-2H3,(H,20,21);2*1H. The highest BCUT2D eigenvalue weighted by Gasteiger charge is 2.35. The number of carbonyl (C=O) groups is 1. The van der Waals surface area contributed by atoms with Gasteiger partial charge in [-0.25, -0.2) is 4.98 Å². The Kier molecular flexibility index (Phi) is 8.99. The van der Waals surface area contributed by atoms with E-state index in [2.05, 4.69) is 27.9 Å². The summed E-state index contributed by atoms with van der Waals surface area (Å²) in [5, 5.41) is 9.87. The van der Waals surface area contributed by atoms with Gasteiger partial charge in [-0.3, -0.25) is 4.79 Å². The van der Waals surface area contributed by atoms with E-state index in [1.807, 2.05) is 6.92 Å². The van der Waals surface area contributed by atoms with Crippen LogP contribution >= 0.6 is 36.2 Å². The van der Waals surface area contributed by atoms with Gasteiger partial charge in [0.2, 0.25) is 5.91 Å². The number of nitrogens with one attached hydrogen (secondary N) is 2. The maximum atomic E-state index is 12.5. The molecule has 2 fully saturated rings. The Morgan fingerprint density at radius 1 is 1.38 bits per heavy atom. The lowest BCUT2D eigenvalue weighted by molar-refractivity contribution is -0.123. The first-order chi connectivity index (χ1) is 10.6. The van der Waals surface area contributed by atoms with Crippen LogP contribution in [0.25, 0.3) is 0 Å². The second-order valence-electron chi connectivity index (χ2n) is 7.00. The summed E-state index contributed by atoms with van der Waals surface area (Å²) in [6.45, 7) is 6.43. The molecule has 1 aromatic rings. The van der Waals surface area contributed by atoms with Gasteiger partial charge in [-0.15, -0.1) is 36.2 Å². The molecule has 3 rings (SSSR count). The molecule has 0 aromatic carbocycles. The first-order valence-corrected chi connectivity index (χ1v) is 9.43. The minimum atomic E-state index is 0. The third-order valence-corrected chi connectivity index (χ3v) is 6.01. The molecular weight excluding hydrogens is 365 g/mol. The number of halogens is 2. The molecule has 1 aliphatic heterocycles. The van der Waals surface area contributed by atoms with Crippen LogP contribution in [-0.4, -0.2) is 24.0 Å². The maximum Gasteiger partial charge on any atom is 0.220 e. The number of hydrogen-bond acceptors (Lipinski definition) is 4. The number of carbonyl (C=O) groups excluding carboxylic acids is 1. The van der Waals surface area contributed by atoms with Crippen LogP contribution < -0.4 is 10.6 Å². The van der Waals surface area contributed by atoms with E-state index in [-0.39, 0.29) is 36.8 Å². The highest BCUT2D eigenvalue weighted by atomic mass is 35.5. The molecule has 2 N–H and O–H groups in total. The lowest BCUT2D eigenvalue weighted by Crippen LogP contribution is -2.36. The van der Waals surface area contributed by atoms with Crippen LogP contribution in [0.1, 0.15) is 55.8 Å². The van der Waals surface area contributed by atoms with Crippen LogP contribution in [0.3, 0.4) is 0 Å². The molecule has 2 aliphatic rings. The summed E-state index contributed by atoms with van der Waals surface area (Å²) in [5.41, 5.74) is 1.06. The molecule has 2 heterocycles. The molecule has 3 atom stereocenters. The molecule has 1 amide bonds. The summed E-state index contributed by atoms with van der Waals surface area (Å²) in [6, 6.07) is 0.142. The predicted octanol–water partition coefficient (Wildman–Crippen LogP) is 3.89. The van der Waals surface area contributed by atoms with Crippen molar-refractivity contribution in [3.05, 3.63) is 16.1 Å². The zero-order chi connectivity index (χ0) is 15.5. The van der Waals surface area contributed by atoms with Crippen molar-refractivity contribution in [2.45, 2.75) is 52.0 Å². The quantitative estimate of drug-likeness (QED) is 0.770. The second-order valence-corrected chi connectivity index (χ2v) is 7.89. The molecule has 0 spiro atoms.